The first-order valence-electron chi connectivity index (χ1n) is 16.6. The van der Waals surface area contributed by atoms with Crippen LogP contribution in [0.15, 0.2) is 179 Å². The Hall–Kier alpha value is -6.32. The number of fused-ring (bicyclic) bond motifs is 7. The van der Waals surface area contributed by atoms with E-state index in [1.165, 1.54) is 22.3 Å². The number of nitrogens with two attached hydrogens (primary N) is 1. The molecule has 0 aliphatic carbocycles. The zero-order chi connectivity index (χ0) is 33.2. The van der Waals surface area contributed by atoms with E-state index in [1.54, 1.807) is 0 Å². The van der Waals surface area contributed by atoms with E-state index in [0.717, 1.165) is 72.7 Å². The summed E-state index contributed by atoms with van der Waals surface area (Å²) in [6.45, 7) is 2.12. The van der Waals surface area contributed by atoms with Crippen LogP contribution in [0.4, 0.5) is 0 Å². The predicted octanol–water partition coefficient (Wildman–Crippen LogP) is 12.4. The number of aryl methyl sites for hydroxylation is 1. The predicted molar refractivity (Wildman–Crippen MR) is 205 cm³/mol. The fraction of sp³-hybridized carbons (Fsp3) is 0.0435. The third kappa shape index (κ3) is 6.10. The third-order valence-corrected chi connectivity index (χ3v) is 9.05. The first-order chi connectivity index (χ1) is 24.1. The number of hydrogen-bond donors (Lipinski definition) is 1. The maximum absolute atomic E-state index is 6.41. The van der Waals surface area contributed by atoms with Crippen LogP contribution in [0.5, 0.6) is 0 Å². The number of rotatable bonds is 5. The second-order valence-electron chi connectivity index (χ2n) is 12.4. The summed E-state index contributed by atoms with van der Waals surface area (Å²) in [6, 6.07) is 56.5. The molecule has 0 spiro atoms. The van der Waals surface area contributed by atoms with Gasteiger partial charge in [-0.25, -0.2) is 0 Å². The summed E-state index contributed by atoms with van der Waals surface area (Å²) in [5.74, 6) is 0. The molecule has 0 aliphatic heterocycles. The first kappa shape index (κ1) is 30.0. The molecule has 3 nitrogen and oxygen atoms in total. The summed E-state index contributed by atoms with van der Waals surface area (Å²) in [7, 11) is 0. The van der Waals surface area contributed by atoms with Gasteiger partial charge in [0.2, 0.25) is 0 Å². The minimum Gasteiger partial charge on any atom is -0.452 e. The highest BCUT2D eigenvalue weighted by atomic mass is 16.4. The average molecular weight is 634 g/mol. The largest absolute Gasteiger partial charge is 0.452 e. The second-order valence-corrected chi connectivity index (χ2v) is 12.4. The summed E-state index contributed by atoms with van der Waals surface area (Å²) in [5.41, 5.74) is 18.5. The van der Waals surface area contributed by atoms with E-state index in [2.05, 4.69) is 122 Å². The van der Waals surface area contributed by atoms with E-state index < -0.39 is 0 Å². The van der Waals surface area contributed by atoms with Gasteiger partial charge in [0.25, 0.3) is 0 Å². The Morgan fingerprint density at radius 3 is 1.57 bits per heavy atom. The molecule has 0 amide bonds. The SMILES string of the molecule is Cc1cccc(-c2ccc3c(c2)oc2c3ccc3c4ccc(-c5ccccc5)cc4oc32)c1.N/C(=C\Cc1ccccc1)c1ccccc1. The van der Waals surface area contributed by atoms with Gasteiger partial charge in [-0.05, 0) is 83.1 Å². The lowest BCUT2D eigenvalue weighted by molar-refractivity contribution is 0.633. The van der Waals surface area contributed by atoms with E-state index in [-0.39, 0.29) is 0 Å². The molecule has 3 heteroatoms. The van der Waals surface area contributed by atoms with Gasteiger partial charge >= 0.3 is 0 Å². The number of furan rings is 2. The molecule has 0 atom stereocenters. The highest BCUT2D eigenvalue weighted by Crippen LogP contribution is 2.40. The topological polar surface area (TPSA) is 52.3 Å². The minimum atomic E-state index is 0.806. The van der Waals surface area contributed by atoms with Gasteiger partial charge in [0.1, 0.15) is 11.2 Å². The van der Waals surface area contributed by atoms with Gasteiger partial charge in [-0.3, -0.25) is 0 Å². The van der Waals surface area contributed by atoms with E-state index in [1.807, 2.05) is 54.6 Å². The van der Waals surface area contributed by atoms with Crippen LogP contribution >= 0.6 is 0 Å². The summed E-state index contributed by atoms with van der Waals surface area (Å²) in [5, 5.41) is 4.37. The van der Waals surface area contributed by atoms with Crippen LogP contribution in [0.2, 0.25) is 0 Å². The van der Waals surface area contributed by atoms with Gasteiger partial charge in [-0.2, -0.15) is 0 Å². The molecule has 0 unspecified atom stereocenters. The Kier molecular flexibility index (Phi) is 8.01. The maximum atomic E-state index is 6.41. The lowest BCUT2D eigenvalue weighted by atomic mass is 10.0. The molecule has 2 aromatic heterocycles. The van der Waals surface area contributed by atoms with Crippen LogP contribution in [-0.4, -0.2) is 0 Å². The monoisotopic (exact) mass is 633 g/mol. The van der Waals surface area contributed by atoms with Crippen molar-refractivity contribution in [3.63, 3.8) is 0 Å². The Morgan fingerprint density at radius 2 is 0.980 bits per heavy atom. The molecule has 2 heterocycles. The van der Waals surface area contributed by atoms with Crippen molar-refractivity contribution in [2.75, 3.05) is 0 Å². The molecule has 0 saturated carbocycles. The Morgan fingerprint density at radius 1 is 0.490 bits per heavy atom. The van der Waals surface area contributed by atoms with Crippen LogP contribution in [0, 0.1) is 6.92 Å². The summed E-state index contributed by atoms with van der Waals surface area (Å²) < 4.78 is 12.8. The molecule has 0 fully saturated rings. The van der Waals surface area contributed by atoms with Crippen molar-refractivity contribution in [3.8, 4) is 22.3 Å². The van der Waals surface area contributed by atoms with Gasteiger partial charge in [-0.1, -0.05) is 139 Å². The second kappa shape index (κ2) is 13.1. The average Bonchev–Trinajstić information content (AvgIpc) is 3.73. The molecule has 7 aromatic carbocycles. The van der Waals surface area contributed by atoms with Crippen molar-refractivity contribution in [1.29, 1.82) is 0 Å². The van der Waals surface area contributed by atoms with Crippen molar-refractivity contribution < 1.29 is 8.83 Å². The zero-order valence-electron chi connectivity index (χ0n) is 27.3. The molecular weight excluding hydrogens is 599 g/mol. The first-order valence-corrected chi connectivity index (χ1v) is 16.6. The minimum absolute atomic E-state index is 0.806. The van der Waals surface area contributed by atoms with Crippen LogP contribution in [0.25, 0.3) is 71.8 Å². The molecule has 9 aromatic rings. The number of benzene rings is 7. The number of allylic oxidation sites excluding steroid dienone is 1. The molecule has 2 N–H and O–H groups in total. The van der Waals surface area contributed by atoms with Gasteiger partial charge in [0.05, 0.1) is 0 Å². The zero-order valence-corrected chi connectivity index (χ0v) is 27.3. The summed E-state index contributed by atoms with van der Waals surface area (Å²) >= 11 is 0. The quantitative estimate of drug-likeness (QED) is 0.205. The van der Waals surface area contributed by atoms with Gasteiger partial charge in [-0.15, -0.1) is 0 Å². The lowest BCUT2D eigenvalue weighted by Crippen LogP contribution is -1.96. The normalized spacial score (nSPS) is 11.7. The van der Waals surface area contributed by atoms with Crippen molar-refractivity contribution >= 4 is 49.6 Å². The van der Waals surface area contributed by atoms with Gasteiger partial charge in [0, 0.05) is 27.2 Å². The van der Waals surface area contributed by atoms with Gasteiger partial charge in [0.15, 0.2) is 11.2 Å². The summed E-state index contributed by atoms with van der Waals surface area (Å²) in [6.07, 6.45) is 2.94. The Labute approximate surface area is 285 Å². The van der Waals surface area contributed by atoms with Crippen molar-refractivity contribution in [1.82, 2.24) is 0 Å². The molecule has 49 heavy (non-hydrogen) atoms. The molecule has 0 saturated heterocycles. The van der Waals surface area contributed by atoms with E-state index in [4.69, 9.17) is 14.6 Å². The molecular formula is C46H35NO2. The van der Waals surface area contributed by atoms with Gasteiger partial charge < -0.3 is 14.6 Å². The van der Waals surface area contributed by atoms with Crippen molar-refractivity contribution in [2.24, 2.45) is 5.73 Å². The molecule has 0 radical (unpaired) electrons. The fourth-order valence-corrected chi connectivity index (χ4v) is 6.47. The van der Waals surface area contributed by atoms with Crippen LogP contribution < -0.4 is 5.73 Å². The number of hydrogen-bond acceptors (Lipinski definition) is 3. The van der Waals surface area contributed by atoms with Crippen LogP contribution in [-0.2, 0) is 6.42 Å². The van der Waals surface area contributed by atoms with E-state index in [9.17, 15) is 0 Å². The third-order valence-electron chi connectivity index (χ3n) is 9.05. The molecule has 236 valence electrons. The molecule has 0 bridgehead atoms. The highest BCUT2D eigenvalue weighted by molar-refractivity contribution is 6.19. The van der Waals surface area contributed by atoms with Crippen molar-refractivity contribution in [2.45, 2.75) is 13.3 Å². The van der Waals surface area contributed by atoms with E-state index in [0.29, 0.717) is 0 Å². The standard InChI is InChI=1S/C31H20O2.C15H15N/c1-19-6-5-9-21(16-19)23-11-13-25-27-15-14-26-24-12-10-22(20-7-3-2-4-8-20)17-28(24)32-30(26)31(27)33-29(25)18-23;16-15(14-9-5-2-6-10-14)12-11-13-7-3-1-4-8-13/h2-18H,1H3;1-10,12H,11,16H2/b;15-12-. The van der Waals surface area contributed by atoms with Crippen LogP contribution in [0.3, 0.4) is 0 Å². The highest BCUT2D eigenvalue weighted by Gasteiger charge is 2.17. The maximum Gasteiger partial charge on any atom is 0.178 e. The molecule has 9 rings (SSSR count). The van der Waals surface area contributed by atoms with Crippen molar-refractivity contribution in [3.05, 3.63) is 187 Å². The Balaban J connectivity index is 0.000000184. The van der Waals surface area contributed by atoms with Crippen LogP contribution in [0.1, 0.15) is 16.7 Å². The van der Waals surface area contributed by atoms with E-state index >= 15 is 0 Å². The summed E-state index contributed by atoms with van der Waals surface area (Å²) in [4.78, 5) is 0. The molecule has 0 aliphatic rings. The fourth-order valence-electron chi connectivity index (χ4n) is 6.47. The smallest absolute Gasteiger partial charge is 0.178 e. The Bertz CT molecular complexity index is 2580. The lowest BCUT2D eigenvalue weighted by Gasteiger charge is -2.02.